The van der Waals surface area contributed by atoms with Crippen molar-refractivity contribution < 1.29 is 18.3 Å². The van der Waals surface area contributed by atoms with E-state index < -0.39 is 10.0 Å². The van der Waals surface area contributed by atoms with E-state index >= 15 is 0 Å². The van der Waals surface area contributed by atoms with E-state index in [2.05, 4.69) is 4.72 Å². The highest BCUT2D eigenvalue weighted by Crippen LogP contribution is 2.23. The van der Waals surface area contributed by atoms with Gasteiger partial charge >= 0.3 is 0 Å². The lowest BCUT2D eigenvalue weighted by atomic mass is 9.91. The van der Waals surface area contributed by atoms with Crippen molar-refractivity contribution in [3.05, 3.63) is 24.3 Å². The van der Waals surface area contributed by atoms with Crippen molar-refractivity contribution in [3.8, 4) is 5.75 Å². The Morgan fingerprint density at radius 3 is 2.71 bits per heavy atom. The van der Waals surface area contributed by atoms with Crippen molar-refractivity contribution in [1.29, 1.82) is 0 Å². The first-order chi connectivity index (χ1) is 8.01. The first-order valence-electron chi connectivity index (χ1n) is 5.36. The van der Waals surface area contributed by atoms with Crippen LogP contribution in [0.25, 0.3) is 0 Å². The molecule has 0 aromatic heterocycles. The normalized spacial score (nSPS) is 24.1. The average molecular weight is 257 g/mol. The van der Waals surface area contributed by atoms with Gasteiger partial charge < -0.3 is 9.84 Å². The number of methoxy groups -OCH3 is 1. The van der Waals surface area contributed by atoms with Gasteiger partial charge in [-0.1, -0.05) is 6.07 Å². The van der Waals surface area contributed by atoms with E-state index in [0.717, 1.165) is 0 Å². The van der Waals surface area contributed by atoms with Gasteiger partial charge in [0.15, 0.2) is 0 Å². The van der Waals surface area contributed by atoms with Crippen molar-refractivity contribution >= 4 is 10.0 Å². The van der Waals surface area contributed by atoms with E-state index in [4.69, 9.17) is 9.84 Å². The summed E-state index contributed by atoms with van der Waals surface area (Å²) in [6.45, 7) is 0. The average Bonchev–Trinajstić information content (AvgIpc) is 2.27. The molecule has 0 bridgehead atoms. The molecule has 0 aliphatic heterocycles. The first-order valence-corrected chi connectivity index (χ1v) is 6.84. The molecule has 0 radical (unpaired) electrons. The topological polar surface area (TPSA) is 75.6 Å². The lowest BCUT2D eigenvalue weighted by Gasteiger charge is -2.31. The molecule has 0 heterocycles. The summed E-state index contributed by atoms with van der Waals surface area (Å²) in [7, 11) is -2.03. The lowest BCUT2D eigenvalue weighted by Crippen LogP contribution is -2.46. The maximum atomic E-state index is 12.0. The number of aliphatic hydroxyl groups excluding tert-OH is 1. The van der Waals surface area contributed by atoms with Crippen LogP contribution in [0, 0.1) is 0 Å². The number of hydrogen-bond acceptors (Lipinski definition) is 4. The van der Waals surface area contributed by atoms with Crippen molar-refractivity contribution in [1.82, 2.24) is 4.72 Å². The summed E-state index contributed by atoms with van der Waals surface area (Å²) in [4.78, 5) is 0.179. The minimum absolute atomic E-state index is 0.166. The fourth-order valence-corrected chi connectivity index (χ4v) is 3.04. The van der Waals surface area contributed by atoms with Gasteiger partial charge in [0.2, 0.25) is 10.0 Å². The zero-order valence-corrected chi connectivity index (χ0v) is 10.3. The van der Waals surface area contributed by atoms with Crippen molar-refractivity contribution in [2.24, 2.45) is 0 Å². The smallest absolute Gasteiger partial charge is 0.240 e. The van der Waals surface area contributed by atoms with Crippen molar-refractivity contribution in [2.75, 3.05) is 7.11 Å². The highest BCUT2D eigenvalue weighted by atomic mass is 32.2. The van der Waals surface area contributed by atoms with Gasteiger partial charge in [0.25, 0.3) is 0 Å². The molecule has 0 unspecified atom stereocenters. The van der Waals surface area contributed by atoms with E-state index in [1.54, 1.807) is 12.1 Å². The van der Waals surface area contributed by atoms with Crippen LogP contribution in [0.2, 0.25) is 0 Å². The number of sulfonamides is 1. The van der Waals surface area contributed by atoms with Gasteiger partial charge in [-0.05, 0) is 25.0 Å². The molecule has 2 rings (SSSR count). The molecule has 2 N–H and O–H groups in total. The second-order valence-corrected chi connectivity index (χ2v) is 5.84. The number of benzene rings is 1. The molecule has 1 saturated carbocycles. The standard InChI is InChI=1S/C11H15NO4S/c1-16-10-3-2-4-11(7-10)17(14,15)12-8-5-9(13)6-8/h2-4,7-9,12-13H,5-6H2,1H3. The zero-order valence-electron chi connectivity index (χ0n) is 9.46. The van der Waals surface area contributed by atoms with Crippen LogP contribution in [0.1, 0.15) is 12.8 Å². The number of ether oxygens (including phenoxy) is 1. The van der Waals surface area contributed by atoms with Gasteiger partial charge in [-0.15, -0.1) is 0 Å². The van der Waals surface area contributed by atoms with E-state index in [1.165, 1.54) is 19.2 Å². The number of nitrogens with one attached hydrogen (secondary N) is 1. The molecular formula is C11H15NO4S. The highest BCUT2D eigenvalue weighted by molar-refractivity contribution is 7.89. The van der Waals surface area contributed by atoms with Gasteiger partial charge in [0.05, 0.1) is 18.1 Å². The molecule has 0 atom stereocenters. The van der Waals surface area contributed by atoms with Crippen LogP contribution < -0.4 is 9.46 Å². The summed E-state index contributed by atoms with van der Waals surface area (Å²) in [6, 6.07) is 6.13. The minimum Gasteiger partial charge on any atom is -0.497 e. The van der Waals surface area contributed by atoms with E-state index in [-0.39, 0.29) is 17.0 Å². The maximum Gasteiger partial charge on any atom is 0.240 e. The third-order valence-corrected chi connectivity index (χ3v) is 4.30. The quantitative estimate of drug-likeness (QED) is 0.823. The number of aliphatic hydroxyl groups is 1. The predicted molar refractivity (Wildman–Crippen MR) is 62.3 cm³/mol. The molecule has 0 spiro atoms. The van der Waals surface area contributed by atoms with Crippen molar-refractivity contribution in [2.45, 2.75) is 29.9 Å². The predicted octanol–water partition coefficient (Wildman–Crippen LogP) is 0.497. The molecule has 6 heteroatoms. The Balaban J connectivity index is 2.13. The van der Waals surface area contributed by atoms with Crippen molar-refractivity contribution in [3.63, 3.8) is 0 Å². The van der Waals surface area contributed by atoms with Gasteiger partial charge in [-0.2, -0.15) is 0 Å². The monoisotopic (exact) mass is 257 g/mol. The number of rotatable bonds is 4. The minimum atomic E-state index is -3.52. The zero-order chi connectivity index (χ0) is 12.5. The molecule has 0 saturated heterocycles. The summed E-state index contributed by atoms with van der Waals surface area (Å²) in [6.07, 6.45) is 0.569. The SMILES string of the molecule is COc1cccc(S(=O)(=O)NC2CC(O)C2)c1. The van der Waals surface area contributed by atoms with Crippen LogP contribution in [-0.4, -0.2) is 32.8 Å². The van der Waals surface area contributed by atoms with Crippen LogP contribution in [0.5, 0.6) is 5.75 Å². The molecular weight excluding hydrogens is 242 g/mol. The molecule has 0 amide bonds. The van der Waals surface area contributed by atoms with Crippen LogP contribution >= 0.6 is 0 Å². The number of hydrogen-bond donors (Lipinski definition) is 2. The molecule has 5 nitrogen and oxygen atoms in total. The third kappa shape index (κ3) is 2.77. The van der Waals surface area contributed by atoms with Gasteiger partial charge in [0.1, 0.15) is 5.75 Å². The molecule has 1 fully saturated rings. The van der Waals surface area contributed by atoms with Crippen LogP contribution in [0.3, 0.4) is 0 Å². The van der Waals surface area contributed by atoms with Gasteiger partial charge in [0, 0.05) is 12.1 Å². The Bertz CT molecular complexity index is 494. The second kappa shape index (κ2) is 4.64. The summed E-state index contributed by atoms with van der Waals surface area (Å²) in [5, 5.41) is 9.11. The summed E-state index contributed by atoms with van der Waals surface area (Å²) in [5.41, 5.74) is 0. The Hall–Kier alpha value is -1.11. The fourth-order valence-electron chi connectivity index (χ4n) is 1.74. The largest absolute Gasteiger partial charge is 0.497 e. The Labute approximate surface area is 100 Å². The maximum absolute atomic E-state index is 12.0. The van der Waals surface area contributed by atoms with E-state index in [9.17, 15) is 8.42 Å². The van der Waals surface area contributed by atoms with Crippen LogP contribution in [0.4, 0.5) is 0 Å². The molecule has 1 aromatic carbocycles. The molecule has 1 aliphatic rings. The Morgan fingerprint density at radius 2 is 2.12 bits per heavy atom. The Kier molecular flexibility index (Phi) is 3.37. The summed E-state index contributed by atoms with van der Waals surface area (Å²) >= 11 is 0. The first kappa shape index (κ1) is 12.3. The van der Waals surface area contributed by atoms with E-state index in [0.29, 0.717) is 18.6 Å². The van der Waals surface area contributed by atoms with Crippen LogP contribution in [0.15, 0.2) is 29.2 Å². The third-order valence-electron chi connectivity index (χ3n) is 2.79. The van der Waals surface area contributed by atoms with Crippen LogP contribution in [-0.2, 0) is 10.0 Å². The molecule has 1 aromatic rings. The van der Waals surface area contributed by atoms with Gasteiger partial charge in [-0.25, -0.2) is 13.1 Å². The molecule has 94 valence electrons. The van der Waals surface area contributed by atoms with Gasteiger partial charge in [-0.3, -0.25) is 0 Å². The van der Waals surface area contributed by atoms with E-state index in [1.807, 2.05) is 0 Å². The molecule has 17 heavy (non-hydrogen) atoms. The highest BCUT2D eigenvalue weighted by Gasteiger charge is 2.31. The second-order valence-electron chi connectivity index (χ2n) is 4.12. The molecule has 1 aliphatic carbocycles. The summed E-state index contributed by atoms with van der Waals surface area (Å²) < 4.78 is 31.5. The Morgan fingerprint density at radius 1 is 1.41 bits per heavy atom. The summed E-state index contributed by atoms with van der Waals surface area (Å²) in [5.74, 6) is 0.501. The lowest BCUT2D eigenvalue weighted by molar-refractivity contribution is 0.0712. The fraction of sp³-hybridized carbons (Fsp3) is 0.455.